The van der Waals surface area contributed by atoms with E-state index in [4.69, 9.17) is 9.47 Å². The fourth-order valence-electron chi connectivity index (χ4n) is 3.36. The lowest BCUT2D eigenvalue weighted by atomic mass is 9.89. The van der Waals surface area contributed by atoms with Crippen molar-refractivity contribution in [3.05, 3.63) is 46.7 Å². The zero-order valence-electron chi connectivity index (χ0n) is 17.2. The molecular formula is C22H31N3O3. The minimum Gasteiger partial charge on any atom is -0.383 e. The van der Waals surface area contributed by atoms with Gasteiger partial charge in [0.2, 0.25) is 0 Å². The molecule has 0 heterocycles. The molecule has 0 fully saturated rings. The highest BCUT2D eigenvalue weighted by Gasteiger charge is 2.17. The van der Waals surface area contributed by atoms with Crippen molar-refractivity contribution < 1.29 is 14.3 Å². The minimum atomic E-state index is -0.368. The summed E-state index contributed by atoms with van der Waals surface area (Å²) in [4.78, 5) is 14.5. The summed E-state index contributed by atoms with van der Waals surface area (Å²) in [5, 5.41) is 12.4. The Balaban J connectivity index is 2.06. The van der Waals surface area contributed by atoms with E-state index in [1.807, 2.05) is 17.9 Å². The molecule has 2 rings (SSSR count). The van der Waals surface area contributed by atoms with Crippen molar-refractivity contribution in [3.8, 4) is 6.07 Å². The number of benzene rings is 1. The highest BCUT2D eigenvalue weighted by Crippen LogP contribution is 2.24. The Morgan fingerprint density at radius 2 is 1.86 bits per heavy atom. The quantitative estimate of drug-likeness (QED) is 0.495. The maximum Gasteiger partial charge on any atom is 0.263 e. The van der Waals surface area contributed by atoms with Crippen molar-refractivity contribution >= 4 is 5.91 Å². The second-order valence-electron chi connectivity index (χ2n) is 7.11. The van der Waals surface area contributed by atoms with E-state index in [0.29, 0.717) is 26.3 Å². The van der Waals surface area contributed by atoms with Crippen LogP contribution in [0, 0.1) is 11.3 Å². The number of rotatable bonds is 10. The Morgan fingerprint density at radius 1 is 1.21 bits per heavy atom. The molecule has 0 spiro atoms. The second kappa shape index (κ2) is 11.5. The summed E-state index contributed by atoms with van der Waals surface area (Å²) in [7, 11) is 3.24. The van der Waals surface area contributed by atoms with Crippen molar-refractivity contribution in [3.63, 3.8) is 0 Å². The van der Waals surface area contributed by atoms with Gasteiger partial charge in [-0.25, -0.2) is 0 Å². The number of nitrogens with one attached hydrogen (secondary N) is 1. The van der Waals surface area contributed by atoms with Crippen molar-refractivity contribution in [1.82, 2.24) is 10.2 Å². The number of aryl methyl sites for hydroxylation is 2. The van der Waals surface area contributed by atoms with E-state index in [0.717, 1.165) is 18.4 Å². The SMILES string of the molecule is COCCN(/C=C(/C#N)C(=O)NC(C)c1ccc2c(c1)CCCC2)CCOC. The lowest BCUT2D eigenvalue weighted by molar-refractivity contribution is -0.117. The van der Waals surface area contributed by atoms with E-state index in [1.54, 1.807) is 20.4 Å². The maximum atomic E-state index is 12.6. The van der Waals surface area contributed by atoms with Gasteiger partial charge in [0.1, 0.15) is 11.6 Å². The number of fused-ring (bicyclic) bond motifs is 1. The van der Waals surface area contributed by atoms with E-state index < -0.39 is 0 Å². The van der Waals surface area contributed by atoms with Crippen LogP contribution in [0.2, 0.25) is 0 Å². The molecule has 1 aliphatic carbocycles. The van der Waals surface area contributed by atoms with Crippen molar-refractivity contribution in [2.75, 3.05) is 40.5 Å². The molecule has 6 heteroatoms. The van der Waals surface area contributed by atoms with E-state index in [1.165, 1.54) is 24.0 Å². The monoisotopic (exact) mass is 385 g/mol. The molecule has 1 atom stereocenters. The molecule has 1 N–H and O–H groups in total. The van der Waals surface area contributed by atoms with Crippen LogP contribution in [0.4, 0.5) is 0 Å². The molecule has 1 aromatic rings. The molecule has 0 saturated heterocycles. The Morgan fingerprint density at radius 3 is 2.46 bits per heavy atom. The number of methoxy groups -OCH3 is 2. The average Bonchev–Trinajstić information content (AvgIpc) is 2.72. The molecule has 152 valence electrons. The first-order valence-corrected chi connectivity index (χ1v) is 9.85. The Bertz CT molecular complexity index is 716. The summed E-state index contributed by atoms with van der Waals surface area (Å²) in [6.45, 7) is 4.13. The third-order valence-corrected chi connectivity index (χ3v) is 5.06. The van der Waals surface area contributed by atoms with Gasteiger partial charge in [0.25, 0.3) is 5.91 Å². The molecule has 0 saturated carbocycles. The number of hydrogen-bond donors (Lipinski definition) is 1. The summed E-state index contributed by atoms with van der Waals surface area (Å²) >= 11 is 0. The zero-order valence-corrected chi connectivity index (χ0v) is 17.2. The van der Waals surface area contributed by atoms with E-state index in [9.17, 15) is 10.1 Å². The minimum absolute atomic E-state index is 0.0806. The number of ether oxygens (including phenoxy) is 2. The summed E-state index contributed by atoms with van der Waals surface area (Å²) in [5.74, 6) is -0.368. The topological polar surface area (TPSA) is 74.6 Å². The summed E-state index contributed by atoms with van der Waals surface area (Å²) in [6.07, 6.45) is 6.29. The van der Waals surface area contributed by atoms with Crippen LogP contribution >= 0.6 is 0 Å². The summed E-state index contributed by atoms with van der Waals surface area (Å²) in [5.41, 5.74) is 3.95. The van der Waals surface area contributed by atoms with Crippen LogP contribution in [0.25, 0.3) is 0 Å². The van der Waals surface area contributed by atoms with Gasteiger partial charge in [-0.05, 0) is 49.3 Å². The molecule has 1 aliphatic rings. The van der Waals surface area contributed by atoms with Gasteiger partial charge >= 0.3 is 0 Å². The number of amides is 1. The number of hydrogen-bond acceptors (Lipinski definition) is 5. The van der Waals surface area contributed by atoms with Crippen LogP contribution in [-0.4, -0.2) is 51.3 Å². The summed E-state index contributed by atoms with van der Waals surface area (Å²) < 4.78 is 10.2. The van der Waals surface area contributed by atoms with E-state index in [-0.39, 0.29) is 17.5 Å². The number of nitriles is 1. The summed E-state index contributed by atoms with van der Waals surface area (Å²) in [6, 6.07) is 8.30. The Labute approximate surface area is 168 Å². The third-order valence-electron chi connectivity index (χ3n) is 5.06. The van der Waals surface area contributed by atoms with E-state index in [2.05, 4.69) is 23.5 Å². The van der Waals surface area contributed by atoms with Crippen LogP contribution in [0.3, 0.4) is 0 Å². The molecule has 28 heavy (non-hydrogen) atoms. The fourth-order valence-corrected chi connectivity index (χ4v) is 3.36. The highest BCUT2D eigenvalue weighted by atomic mass is 16.5. The molecule has 1 unspecified atom stereocenters. The first-order valence-electron chi connectivity index (χ1n) is 9.85. The van der Waals surface area contributed by atoms with Crippen molar-refractivity contribution in [1.29, 1.82) is 5.26 Å². The molecule has 1 amide bonds. The maximum absolute atomic E-state index is 12.6. The standard InChI is InChI=1S/C22H31N3O3/c1-17(19-9-8-18-6-4-5-7-20(18)14-19)24-22(26)21(15-23)16-25(10-12-27-2)11-13-28-3/h8-9,14,16-17H,4-7,10-13H2,1-3H3,(H,24,26)/b21-16-. The van der Waals surface area contributed by atoms with Gasteiger partial charge in [-0.15, -0.1) is 0 Å². The average molecular weight is 386 g/mol. The molecule has 1 aromatic carbocycles. The van der Waals surface area contributed by atoms with Crippen LogP contribution < -0.4 is 5.32 Å². The molecule has 6 nitrogen and oxygen atoms in total. The normalized spacial score (nSPS) is 14.7. The molecule has 0 radical (unpaired) electrons. The molecule has 0 bridgehead atoms. The first-order chi connectivity index (χ1) is 13.6. The van der Waals surface area contributed by atoms with Gasteiger partial charge in [0.15, 0.2) is 0 Å². The smallest absolute Gasteiger partial charge is 0.263 e. The molecule has 0 aromatic heterocycles. The van der Waals surface area contributed by atoms with Gasteiger partial charge in [0, 0.05) is 33.5 Å². The predicted molar refractivity (Wildman–Crippen MR) is 109 cm³/mol. The van der Waals surface area contributed by atoms with Gasteiger partial charge in [-0.2, -0.15) is 5.26 Å². The number of carbonyl (C=O) groups excluding carboxylic acids is 1. The predicted octanol–water partition coefficient (Wildman–Crippen LogP) is 2.74. The van der Waals surface area contributed by atoms with Gasteiger partial charge in [-0.3, -0.25) is 4.79 Å². The number of nitrogens with zero attached hydrogens (tertiary/aromatic N) is 2. The first kappa shape index (κ1) is 21.9. The van der Waals surface area contributed by atoms with Crippen molar-refractivity contribution in [2.24, 2.45) is 0 Å². The number of carbonyl (C=O) groups is 1. The highest BCUT2D eigenvalue weighted by molar-refractivity contribution is 5.97. The van der Waals surface area contributed by atoms with Crippen LogP contribution in [0.1, 0.15) is 42.5 Å². The van der Waals surface area contributed by atoms with Crippen LogP contribution in [-0.2, 0) is 27.1 Å². The lowest BCUT2D eigenvalue weighted by Gasteiger charge is -2.21. The van der Waals surface area contributed by atoms with E-state index >= 15 is 0 Å². The lowest BCUT2D eigenvalue weighted by Crippen LogP contribution is -2.31. The Hall–Kier alpha value is -2.36. The fraction of sp³-hybridized carbons (Fsp3) is 0.545. The Kier molecular flexibility index (Phi) is 8.99. The molecular weight excluding hydrogens is 354 g/mol. The largest absolute Gasteiger partial charge is 0.383 e. The van der Waals surface area contributed by atoms with Gasteiger partial charge in [0.05, 0.1) is 19.3 Å². The van der Waals surface area contributed by atoms with Gasteiger partial charge < -0.3 is 19.7 Å². The van der Waals surface area contributed by atoms with Crippen LogP contribution in [0.15, 0.2) is 30.0 Å². The molecule has 0 aliphatic heterocycles. The van der Waals surface area contributed by atoms with Gasteiger partial charge in [-0.1, -0.05) is 18.2 Å². The van der Waals surface area contributed by atoms with Crippen LogP contribution in [0.5, 0.6) is 0 Å². The second-order valence-corrected chi connectivity index (χ2v) is 7.11. The zero-order chi connectivity index (χ0) is 20.4. The van der Waals surface area contributed by atoms with Crippen molar-refractivity contribution in [2.45, 2.75) is 38.6 Å². The third kappa shape index (κ3) is 6.36.